The zero-order valence-electron chi connectivity index (χ0n) is 12.2. The first kappa shape index (κ1) is 15.7. The Hall–Kier alpha value is -0.710. The highest BCUT2D eigenvalue weighted by Crippen LogP contribution is 2.32. The van der Waals surface area contributed by atoms with Crippen molar-refractivity contribution in [2.24, 2.45) is 0 Å². The van der Waals surface area contributed by atoms with Crippen LogP contribution in [0.2, 0.25) is 0 Å². The zero-order chi connectivity index (χ0) is 14.4. The summed E-state index contributed by atoms with van der Waals surface area (Å²) >= 11 is -1.66. The van der Waals surface area contributed by atoms with Crippen molar-refractivity contribution in [1.82, 2.24) is 5.32 Å². The molecule has 0 amide bonds. The summed E-state index contributed by atoms with van der Waals surface area (Å²) in [5, 5.41) is 3.67. The van der Waals surface area contributed by atoms with Gasteiger partial charge in [-0.1, -0.05) is 42.7 Å². The molecule has 3 nitrogen and oxygen atoms in total. The van der Waals surface area contributed by atoms with Crippen molar-refractivity contribution in [3.05, 3.63) is 35.4 Å². The summed E-state index contributed by atoms with van der Waals surface area (Å²) in [4.78, 5) is 0. The number of rotatable bonds is 7. The van der Waals surface area contributed by atoms with Crippen molar-refractivity contribution >= 4 is 11.1 Å². The SMILES string of the molecule is Cc1ccc(CC2(NCCCS(=O)O)CCCC2)cc1. The first-order chi connectivity index (χ1) is 9.60. The quantitative estimate of drug-likeness (QED) is 0.600. The minimum atomic E-state index is -1.66. The van der Waals surface area contributed by atoms with E-state index in [2.05, 4.69) is 36.5 Å². The summed E-state index contributed by atoms with van der Waals surface area (Å²) in [5.74, 6) is 0.369. The standard InChI is InChI=1S/C16H25NO2S/c1-14-5-7-15(8-6-14)13-16(9-2-3-10-16)17-11-4-12-20(18)19/h5-8,17H,2-4,9-13H2,1H3,(H,18,19). The zero-order valence-corrected chi connectivity index (χ0v) is 13.0. The monoisotopic (exact) mass is 295 g/mol. The molecule has 20 heavy (non-hydrogen) atoms. The molecule has 0 heterocycles. The van der Waals surface area contributed by atoms with E-state index in [9.17, 15) is 4.21 Å². The maximum Gasteiger partial charge on any atom is 0.152 e. The van der Waals surface area contributed by atoms with Gasteiger partial charge in [-0.3, -0.25) is 0 Å². The molecule has 1 aromatic carbocycles. The molecule has 0 bridgehead atoms. The molecule has 4 heteroatoms. The highest BCUT2D eigenvalue weighted by atomic mass is 32.2. The molecule has 1 saturated carbocycles. The first-order valence-corrected chi connectivity index (χ1v) is 8.75. The fraction of sp³-hybridized carbons (Fsp3) is 0.625. The smallest absolute Gasteiger partial charge is 0.152 e. The van der Waals surface area contributed by atoms with E-state index in [-0.39, 0.29) is 5.54 Å². The second-order valence-corrected chi connectivity index (χ2v) is 7.01. The molecule has 0 spiro atoms. The number of nitrogens with one attached hydrogen (secondary N) is 1. The van der Waals surface area contributed by atoms with E-state index < -0.39 is 11.1 Å². The minimum Gasteiger partial charge on any atom is -0.311 e. The van der Waals surface area contributed by atoms with Crippen LogP contribution in [-0.2, 0) is 17.5 Å². The van der Waals surface area contributed by atoms with Crippen LogP contribution in [0.3, 0.4) is 0 Å². The van der Waals surface area contributed by atoms with Crippen molar-refractivity contribution in [1.29, 1.82) is 0 Å². The Balaban J connectivity index is 1.91. The summed E-state index contributed by atoms with van der Waals surface area (Å²) in [5.41, 5.74) is 2.88. The fourth-order valence-electron chi connectivity index (χ4n) is 3.11. The van der Waals surface area contributed by atoms with Gasteiger partial charge in [-0.25, -0.2) is 4.21 Å². The van der Waals surface area contributed by atoms with Crippen LogP contribution >= 0.6 is 0 Å². The number of hydrogen-bond acceptors (Lipinski definition) is 2. The van der Waals surface area contributed by atoms with E-state index >= 15 is 0 Å². The third kappa shape index (κ3) is 4.69. The maximum atomic E-state index is 10.7. The summed E-state index contributed by atoms with van der Waals surface area (Å²) < 4.78 is 19.5. The minimum absolute atomic E-state index is 0.201. The molecular weight excluding hydrogens is 270 g/mol. The molecule has 1 unspecified atom stereocenters. The predicted octanol–water partition coefficient (Wildman–Crippen LogP) is 3.05. The van der Waals surface area contributed by atoms with E-state index in [0.717, 1.165) is 19.4 Å². The van der Waals surface area contributed by atoms with E-state index in [1.807, 2.05) is 0 Å². The number of benzene rings is 1. The van der Waals surface area contributed by atoms with E-state index in [4.69, 9.17) is 4.55 Å². The van der Waals surface area contributed by atoms with Gasteiger partial charge in [0.05, 0.1) is 5.75 Å². The topological polar surface area (TPSA) is 49.3 Å². The lowest BCUT2D eigenvalue weighted by Crippen LogP contribution is -2.45. The molecule has 0 aliphatic heterocycles. The van der Waals surface area contributed by atoms with Crippen molar-refractivity contribution in [3.8, 4) is 0 Å². The first-order valence-electron chi connectivity index (χ1n) is 7.48. The highest BCUT2D eigenvalue weighted by Gasteiger charge is 2.33. The Bertz CT molecular complexity index is 438. The van der Waals surface area contributed by atoms with Crippen LogP contribution < -0.4 is 5.32 Å². The number of hydrogen-bond donors (Lipinski definition) is 2. The molecule has 0 saturated heterocycles. The van der Waals surface area contributed by atoms with Gasteiger partial charge in [0.1, 0.15) is 0 Å². The van der Waals surface area contributed by atoms with Crippen molar-refractivity contribution in [3.63, 3.8) is 0 Å². The van der Waals surface area contributed by atoms with Crippen LogP contribution in [0.4, 0.5) is 0 Å². The fourth-order valence-corrected chi connectivity index (χ4v) is 3.50. The average molecular weight is 295 g/mol. The van der Waals surface area contributed by atoms with Gasteiger partial charge in [0.2, 0.25) is 0 Å². The van der Waals surface area contributed by atoms with Crippen LogP contribution in [0, 0.1) is 6.92 Å². The van der Waals surface area contributed by atoms with Crippen LogP contribution in [0.1, 0.15) is 43.2 Å². The lowest BCUT2D eigenvalue weighted by atomic mass is 9.88. The molecule has 1 fully saturated rings. The van der Waals surface area contributed by atoms with Crippen LogP contribution in [-0.4, -0.2) is 26.6 Å². The van der Waals surface area contributed by atoms with E-state index in [1.165, 1.54) is 36.8 Å². The molecule has 1 aliphatic carbocycles. The Morgan fingerprint density at radius 3 is 2.50 bits per heavy atom. The van der Waals surface area contributed by atoms with Gasteiger partial charge in [0, 0.05) is 5.54 Å². The largest absolute Gasteiger partial charge is 0.311 e. The molecule has 112 valence electrons. The molecular formula is C16H25NO2S. The van der Waals surface area contributed by atoms with Gasteiger partial charge in [-0.05, 0) is 44.7 Å². The van der Waals surface area contributed by atoms with Crippen LogP contribution in [0.15, 0.2) is 24.3 Å². The van der Waals surface area contributed by atoms with Gasteiger partial charge in [0.15, 0.2) is 11.1 Å². The van der Waals surface area contributed by atoms with Crippen molar-refractivity contribution in [2.75, 3.05) is 12.3 Å². The highest BCUT2D eigenvalue weighted by molar-refractivity contribution is 7.79. The Morgan fingerprint density at radius 2 is 1.90 bits per heavy atom. The third-order valence-electron chi connectivity index (χ3n) is 4.22. The third-order valence-corrected chi connectivity index (χ3v) is 4.86. The van der Waals surface area contributed by atoms with Gasteiger partial charge in [-0.15, -0.1) is 0 Å². The average Bonchev–Trinajstić information content (AvgIpc) is 2.86. The summed E-state index contributed by atoms with van der Waals surface area (Å²) in [6.07, 6.45) is 6.82. The summed E-state index contributed by atoms with van der Waals surface area (Å²) in [6.45, 7) is 2.94. The summed E-state index contributed by atoms with van der Waals surface area (Å²) in [6, 6.07) is 8.79. The summed E-state index contributed by atoms with van der Waals surface area (Å²) in [7, 11) is 0. The van der Waals surface area contributed by atoms with Gasteiger partial charge < -0.3 is 9.87 Å². The van der Waals surface area contributed by atoms with Crippen molar-refractivity contribution < 1.29 is 8.76 Å². The molecule has 1 atom stereocenters. The lowest BCUT2D eigenvalue weighted by Gasteiger charge is -2.31. The molecule has 2 rings (SSSR count). The van der Waals surface area contributed by atoms with Crippen LogP contribution in [0.25, 0.3) is 0 Å². The van der Waals surface area contributed by atoms with Gasteiger partial charge >= 0.3 is 0 Å². The van der Waals surface area contributed by atoms with Crippen molar-refractivity contribution in [2.45, 2.75) is 51.0 Å². The number of aryl methyl sites for hydroxylation is 1. The molecule has 1 aliphatic rings. The maximum absolute atomic E-state index is 10.7. The lowest BCUT2D eigenvalue weighted by molar-refractivity contribution is 0.330. The normalized spacial score (nSPS) is 19.1. The Labute approximate surface area is 124 Å². The second-order valence-electron chi connectivity index (χ2n) is 5.96. The Kier molecular flexibility index (Phi) is 5.75. The van der Waals surface area contributed by atoms with Gasteiger partial charge in [-0.2, -0.15) is 0 Å². The molecule has 2 N–H and O–H groups in total. The van der Waals surface area contributed by atoms with Crippen LogP contribution in [0.5, 0.6) is 0 Å². The molecule has 0 radical (unpaired) electrons. The van der Waals surface area contributed by atoms with E-state index in [0.29, 0.717) is 5.75 Å². The Morgan fingerprint density at radius 1 is 1.25 bits per heavy atom. The van der Waals surface area contributed by atoms with E-state index in [1.54, 1.807) is 0 Å². The molecule has 0 aromatic heterocycles. The second kappa shape index (κ2) is 7.34. The molecule has 1 aromatic rings. The predicted molar refractivity (Wildman–Crippen MR) is 84.3 cm³/mol. The van der Waals surface area contributed by atoms with Gasteiger partial charge in [0.25, 0.3) is 0 Å².